The summed E-state index contributed by atoms with van der Waals surface area (Å²) in [6.07, 6.45) is 3.87. The molecule has 1 saturated heterocycles. The van der Waals surface area contributed by atoms with Crippen LogP contribution in [0.2, 0.25) is 0 Å². The van der Waals surface area contributed by atoms with E-state index >= 15 is 0 Å². The molecule has 2 N–H and O–H groups in total. The van der Waals surface area contributed by atoms with Gasteiger partial charge >= 0.3 is 0 Å². The minimum Gasteiger partial charge on any atom is -0.352 e. The molecule has 0 bridgehead atoms. The Labute approximate surface area is 147 Å². The zero-order valence-corrected chi connectivity index (χ0v) is 14.3. The summed E-state index contributed by atoms with van der Waals surface area (Å²) < 4.78 is 1.79. The van der Waals surface area contributed by atoms with Gasteiger partial charge in [0.15, 0.2) is 0 Å². The van der Waals surface area contributed by atoms with E-state index in [4.69, 9.17) is 0 Å². The normalized spacial score (nSPS) is 20.0. The van der Waals surface area contributed by atoms with Crippen LogP contribution in [0.15, 0.2) is 54.9 Å². The number of hydrogen-bond donors (Lipinski definition) is 2. The lowest BCUT2D eigenvalue weighted by atomic mass is 9.90. The summed E-state index contributed by atoms with van der Waals surface area (Å²) in [5, 5.41) is 13.1. The molecule has 0 aliphatic carbocycles. The Kier molecular flexibility index (Phi) is 4.24. The number of rotatable bonds is 4. The molecule has 25 heavy (non-hydrogen) atoms. The molecule has 0 saturated carbocycles. The minimum atomic E-state index is -0.0563. The molecular formula is C20H22N4O. The van der Waals surface area contributed by atoms with Crippen LogP contribution in [-0.2, 0) is 18.4 Å². The second-order valence-corrected chi connectivity index (χ2v) is 6.67. The summed E-state index contributed by atoms with van der Waals surface area (Å²) in [5.74, 6) is 0.229. The van der Waals surface area contributed by atoms with Gasteiger partial charge in [-0.3, -0.25) is 9.48 Å². The van der Waals surface area contributed by atoms with Crippen LogP contribution in [0.25, 0.3) is 10.8 Å². The number of aromatic nitrogens is 2. The SMILES string of the molecule is Cn1cc([C@H]2CNC[C@@H]2C(=O)NCc2cccc3ccccc23)cn1. The third kappa shape index (κ3) is 3.15. The van der Waals surface area contributed by atoms with Crippen molar-refractivity contribution < 1.29 is 4.79 Å². The van der Waals surface area contributed by atoms with E-state index in [1.165, 1.54) is 10.8 Å². The van der Waals surface area contributed by atoms with E-state index in [1.54, 1.807) is 4.68 Å². The zero-order chi connectivity index (χ0) is 17.2. The Morgan fingerprint density at radius 1 is 1.24 bits per heavy atom. The van der Waals surface area contributed by atoms with Gasteiger partial charge < -0.3 is 10.6 Å². The number of aryl methyl sites for hydroxylation is 1. The predicted molar refractivity (Wildman–Crippen MR) is 98.1 cm³/mol. The summed E-state index contributed by atoms with van der Waals surface area (Å²) >= 11 is 0. The summed E-state index contributed by atoms with van der Waals surface area (Å²) in [4.78, 5) is 12.8. The van der Waals surface area contributed by atoms with Crippen LogP contribution in [0.3, 0.4) is 0 Å². The fourth-order valence-electron chi connectivity index (χ4n) is 3.70. The van der Waals surface area contributed by atoms with Crippen LogP contribution < -0.4 is 10.6 Å². The lowest BCUT2D eigenvalue weighted by Crippen LogP contribution is -2.34. The molecule has 5 nitrogen and oxygen atoms in total. The van der Waals surface area contributed by atoms with Gasteiger partial charge in [-0.25, -0.2) is 0 Å². The monoisotopic (exact) mass is 334 g/mol. The fourth-order valence-corrected chi connectivity index (χ4v) is 3.70. The highest BCUT2D eigenvalue weighted by Crippen LogP contribution is 2.28. The highest BCUT2D eigenvalue weighted by Gasteiger charge is 2.34. The van der Waals surface area contributed by atoms with Crippen molar-refractivity contribution in [1.82, 2.24) is 20.4 Å². The van der Waals surface area contributed by atoms with Crippen LogP contribution in [-0.4, -0.2) is 28.8 Å². The van der Waals surface area contributed by atoms with E-state index in [1.807, 2.05) is 37.6 Å². The number of carbonyl (C=O) groups excluding carboxylic acids is 1. The van der Waals surface area contributed by atoms with Gasteiger partial charge in [-0.2, -0.15) is 5.10 Å². The standard InChI is InChI=1S/C20H22N4O/c1-24-13-16(10-23-24)18-11-21-12-19(18)20(25)22-9-15-7-4-6-14-5-2-3-8-17(14)15/h2-8,10,13,18-19,21H,9,11-12H2,1H3,(H,22,25)/t18-,19+/m1/s1. The average Bonchev–Trinajstić information content (AvgIpc) is 3.28. The maximum atomic E-state index is 12.8. The van der Waals surface area contributed by atoms with E-state index < -0.39 is 0 Å². The van der Waals surface area contributed by atoms with Gasteiger partial charge in [0.25, 0.3) is 0 Å². The van der Waals surface area contributed by atoms with Gasteiger partial charge in [0.1, 0.15) is 0 Å². The average molecular weight is 334 g/mol. The van der Waals surface area contributed by atoms with Crippen molar-refractivity contribution in [2.45, 2.75) is 12.5 Å². The molecule has 0 radical (unpaired) electrons. The lowest BCUT2D eigenvalue weighted by Gasteiger charge is -2.17. The van der Waals surface area contributed by atoms with Crippen molar-refractivity contribution in [3.8, 4) is 0 Å². The summed E-state index contributed by atoms with van der Waals surface area (Å²) in [5.41, 5.74) is 2.27. The Bertz CT molecular complexity index is 896. The van der Waals surface area contributed by atoms with E-state index in [2.05, 4.69) is 40.0 Å². The molecule has 3 aromatic rings. The molecule has 1 aliphatic heterocycles. The molecule has 1 aliphatic rings. The van der Waals surface area contributed by atoms with E-state index in [0.717, 1.165) is 17.7 Å². The topological polar surface area (TPSA) is 59.0 Å². The van der Waals surface area contributed by atoms with Crippen molar-refractivity contribution in [2.75, 3.05) is 13.1 Å². The first-order chi connectivity index (χ1) is 12.2. The van der Waals surface area contributed by atoms with Gasteiger partial charge in [0.05, 0.1) is 12.1 Å². The largest absolute Gasteiger partial charge is 0.352 e. The first-order valence-electron chi connectivity index (χ1n) is 8.66. The lowest BCUT2D eigenvalue weighted by molar-refractivity contribution is -0.125. The molecule has 0 spiro atoms. The van der Waals surface area contributed by atoms with Crippen LogP contribution in [0.4, 0.5) is 0 Å². The van der Waals surface area contributed by atoms with E-state index in [-0.39, 0.29) is 17.7 Å². The van der Waals surface area contributed by atoms with Gasteiger partial charge in [0, 0.05) is 38.8 Å². The van der Waals surface area contributed by atoms with Gasteiger partial charge in [-0.05, 0) is 21.9 Å². The molecule has 0 unspecified atom stereocenters. The van der Waals surface area contributed by atoms with Crippen LogP contribution in [0.1, 0.15) is 17.0 Å². The van der Waals surface area contributed by atoms with Crippen LogP contribution in [0, 0.1) is 5.92 Å². The molecule has 2 heterocycles. The smallest absolute Gasteiger partial charge is 0.225 e. The van der Waals surface area contributed by atoms with E-state index in [0.29, 0.717) is 13.1 Å². The molecule has 2 atom stereocenters. The fraction of sp³-hybridized carbons (Fsp3) is 0.300. The van der Waals surface area contributed by atoms with Crippen molar-refractivity contribution in [1.29, 1.82) is 0 Å². The second-order valence-electron chi connectivity index (χ2n) is 6.67. The Hall–Kier alpha value is -2.66. The molecule has 1 amide bonds. The zero-order valence-electron chi connectivity index (χ0n) is 14.3. The maximum absolute atomic E-state index is 12.8. The van der Waals surface area contributed by atoms with Crippen molar-refractivity contribution >= 4 is 16.7 Å². The second kappa shape index (κ2) is 6.69. The molecule has 2 aromatic carbocycles. The molecule has 5 heteroatoms. The summed E-state index contributed by atoms with van der Waals surface area (Å²) in [6, 6.07) is 14.5. The number of amides is 1. The van der Waals surface area contributed by atoms with Crippen molar-refractivity contribution in [3.63, 3.8) is 0 Å². The summed E-state index contributed by atoms with van der Waals surface area (Å²) in [6.45, 7) is 2.08. The molecule has 1 fully saturated rings. The highest BCUT2D eigenvalue weighted by atomic mass is 16.1. The number of hydrogen-bond acceptors (Lipinski definition) is 3. The van der Waals surface area contributed by atoms with Crippen molar-refractivity contribution in [3.05, 3.63) is 66.0 Å². The van der Waals surface area contributed by atoms with Crippen LogP contribution in [0.5, 0.6) is 0 Å². The third-order valence-electron chi connectivity index (χ3n) is 5.04. The van der Waals surface area contributed by atoms with Gasteiger partial charge in [0.2, 0.25) is 5.91 Å². The van der Waals surface area contributed by atoms with Crippen molar-refractivity contribution in [2.24, 2.45) is 13.0 Å². The Morgan fingerprint density at radius 3 is 2.92 bits per heavy atom. The number of nitrogens with one attached hydrogen (secondary N) is 2. The molecule has 128 valence electrons. The van der Waals surface area contributed by atoms with Gasteiger partial charge in [-0.1, -0.05) is 42.5 Å². The predicted octanol–water partition coefficient (Wildman–Crippen LogP) is 2.19. The van der Waals surface area contributed by atoms with E-state index in [9.17, 15) is 4.79 Å². The Balaban J connectivity index is 1.48. The quantitative estimate of drug-likeness (QED) is 0.769. The third-order valence-corrected chi connectivity index (χ3v) is 5.04. The number of benzene rings is 2. The Morgan fingerprint density at radius 2 is 2.08 bits per heavy atom. The number of fused-ring (bicyclic) bond motifs is 1. The minimum absolute atomic E-state index is 0.0563. The highest BCUT2D eigenvalue weighted by molar-refractivity contribution is 5.86. The molecule has 1 aromatic heterocycles. The first-order valence-corrected chi connectivity index (χ1v) is 8.66. The first kappa shape index (κ1) is 15.8. The number of carbonyl (C=O) groups is 1. The van der Waals surface area contributed by atoms with Crippen LogP contribution >= 0.6 is 0 Å². The molecule has 4 rings (SSSR count). The maximum Gasteiger partial charge on any atom is 0.225 e. The summed E-state index contributed by atoms with van der Waals surface area (Å²) in [7, 11) is 1.90. The van der Waals surface area contributed by atoms with Gasteiger partial charge in [-0.15, -0.1) is 0 Å². The number of nitrogens with zero attached hydrogens (tertiary/aromatic N) is 2. The molecular weight excluding hydrogens is 312 g/mol.